The quantitative estimate of drug-likeness (QED) is 0.411. The molecule has 0 aromatic heterocycles. The molecular weight excluding hydrogens is 236 g/mol. The maximum Gasteiger partial charge on any atom is 0.150 e. The highest BCUT2D eigenvalue weighted by Gasteiger charge is 2.15. The van der Waals surface area contributed by atoms with Crippen LogP contribution in [0.2, 0.25) is 19.1 Å². The summed E-state index contributed by atoms with van der Waals surface area (Å²) < 4.78 is 5.66. The van der Waals surface area contributed by atoms with Gasteiger partial charge in [-0.2, -0.15) is 11.1 Å². The summed E-state index contributed by atoms with van der Waals surface area (Å²) in [6.07, 6.45) is 2.85. The van der Waals surface area contributed by atoms with Gasteiger partial charge in [0.25, 0.3) is 0 Å². The highest BCUT2D eigenvalue weighted by molar-refractivity contribution is 7.19. The Morgan fingerprint density at radius 1 is 1.44 bits per heavy atom. The Hall–Kier alpha value is -0.733. The van der Waals surface area contributed by atoms with Gasteiger partial charge in [-0.15, -0.1) is 0 Å². The van der Waals surface area contributed by atoms with Crippen molar-refractivity contribution in [1.29, 1.82) is 0 Å². The van der Waals surface area contributed by atoms with Gasteiger partial charge in [0.05, 0.1) is 6.61 Å². The number of rotatable bonds is 6. The van der Waals surface area contributed by atoms with Gasteiger partial charge in [0.2, 0.25) is 0 Å². The molecule has 1 nitrogen and oxygen atoms in total. The first-order valence-electron chi connectivity index (χ1n) is 5.55. The standard InChI is InChI=1S/C13H19ClOSi/c1-4-12-7-5-8-13(11-12)15-9-6-10-16(2,3)14/h4-5,7-8,11H,1,6,9-10H2,2-3H3. The second-order valence-electron chi connectivity index (χ2n) is 4.45. The number of hydrogen-bond donors (Lipinski definition) is 0. The topological polar surface area (TPSA) is 9.23 Å². The highest BCUT2D eigenvalue weighted by atomic mass is 35.6. The van der Waals surface area contributed by atoms with E-state index in [0.29, 0.717) is 0 Å². The second-order valence-corrected chi connectivity index (χ2v) is 11.5. The summed E-state index contributed by atoms with van der Waals surface area (Å²) >= 11 is 6.23. The second kappa shape index (κ2) is 6.11. The zero-order valence-electron chi connectivity index (χ0n) is 10.0. The van der Waals surface area contributed by atoms with Gasteiger partial charge in [-0.1, -0.05) is 37.9 Å². The van der Waals surface area contributed by atoms with E-state index in [1.165, 1.54) is 0 Å². The minimum absolute atomic E-state index is 0.740. The predicted molar refractivity (Wildman–Crippen MR) is 74.8 cm³/mol. The first-order chi connectivity index (χ1) is 7.51. The Balaban J connectivity index is 2.34. The van der Waals surface area contributed by atoms with Crippen molar-refractivity contribution in [3.8, 4) is 5.75 Å². The number of halogens is 1. The maximum atomic E-state index is 6.23. The first-order valence-corrected chi connectivity index (χ1v) is 9.77. The zero-order valence-corrected chi connectivity index (χ0v) is 11.8. The van der Waals surface area contributed by atoms with Gasteiger partial charge in [-0.05, 0) is 30.2 Å². The van der Waals surface area contributed by atoms with Gasteiger partial charge >= 0.3 is 0 Å². The van der Waals surface area contributed by atoms with Gasteiger partial charge in [0.1, 0.15) is 5.75 Å². The van der Waals surface area contributed by atoms with Crippen LogP contribution >= 0.6 is 11.1 Å². The van der Waals surface area contributed by atoms with E-state index in [4.69, 9.17) is 15.8 Å². The van der Waals surface area contributed by atoms with Crippen molar-refractivity contribution >= 4 is 24.5 Å². The predicted octanol–water partition coefficient (Wildman–Crippen LogP) is 4.54. The Kier molecular flexibility index (Phi) is 5.09. The van der Waals surface area contributed by atoms with E-state index in [1.54, 1.807) is 0 Å². The molecule has 0 fully saturated rings. The van der Waals surface area contributed by atoms with Gasteiger partial charge in [0, 0.05) is 0 Å². The third kappa shape index (κ3) is 5.38. The van der Waals surface area contributed by atoms with E-state index in [0.717, 1.165) is 30.4 Å². The third-order valence-electron chi connectivity index (χ3n) is 2.28. The Morgan fingerprint density at radius 2 is 2.19 bits per heavy atom. The highest BCUT2D eigenvalue weighted by Crippen LogP contribution is 2.18. The molecular formula is C13H19ClOSi. The van der Waals surface area contributed by atoms with Crippen molar-refractivity contribution in [3.05, 3.63) is 36.4 Å². The van der Waals surface area contributed by atoms with Crippen LogP contribution in [0.25, 0.3) is 6.08 Å². The van der Waals surface area contributed by atoms with Crippen molar-refractivity contribution in [2.24, 2.45) is 0 Å². The van der Waals surface area contributed by atoms with Crippen molar-refractivity contribution in [1.82, 2.24) is 0 Å². The molecule has 1 aromatic carbocycles. The molecule has 0 saturated heterocycles. The summed E-state index contributed by atoms with van der Waals surface area (Å²) in [6.45, 7) is 8.79. The van der Waals surface area contributed by atoms with Crippen LogP contribution in [-0.2, 0) is 0 Å². The summed E-state index contributed by atoms with van der Waals surface area (Å²) in [7, 11) is -1.44. The molecule has 0 aliphatic rings. The third-order valence-corrected chi connectivity index (χ3v) is 4.39. The van der Waals surface area contributed by atoms with Gasteiger partial charge in [-0.25, -0.2) is 0 Å². The molecule has 0 N–H and O–H groups in total. The minimum atomic E-state index is -1.44. The van der Waals surface area contributed by atoms with Crippen LogP contribution in [0, 0.1) is 0 Å². The fraction of sp³-hybridized carbons (Fsp3) is 0.385. The molecule has 0 saturated carbocycles. The average Bonchev–Trinajstić information content (AvgIpc) is 2.23. The Labute approximate surface area is 104 Å². The van der Waals surface area contributed by atoms with Crippen molar-refractivity contribution < 1.29 is 4.74 Å². The molecule has 0 aliphatic carbocycles. The average molecular weight is 255 g/mol. The molecule has 0 atom stereocenters. The summed E-state index contributed by atoms with van der Waals surface area (Å²) in [5, 5.41) is 0. The van der Waals surface area contributed by atoms with E-state index >= 15 is 0 Å². The lowest BCUT2D eigenvalue weighted by molar-refractivity contribution is 0.317. The monoisotopic (exact) mass is 254 g/mol. The van der Waals surface area contributed by atoms with E-state index in [1.807, 2.05) is 30.3 Å². The smallest absolute Gasteiger partial charge is 0.150 e. The van der Waals surface area contributed by atoms with Crippen molar-refractivity contribution in [2.45, 2.75) is 25.6 Å². The molecule has 1 aromatic rings. The van der Waals surface area contributed by atoms with Crippen LogP contribution in [-0.4, -0.2) is 14.0 Å². The minimum Gasteiger partial charge on any atom is -0.494 e. The molecule has 16 heavy (non-hydrogen) atoms. The molecule has 1 rings (SSSR count). The molecule has 0 amide bonds. The van der Waals surface area contributed by atoms with Crippen molar-refractivity contribution in [3.63, 3.8) is 0 Å². The lowest BCUT2D eigenvalue weighted by Crippen LogP contribution is -2.16. The van der Waals surface area contributed by atoms with Crippen molar-refractivity contribution in [2.75, 3.05) is 6.61 Å². The fourth-order valence-corrected chi connectivity index (χ4v) is 2.80. The summed E-state index contributed by atoms with van der Waals surface area (Å²) in [4.78, 5) is 0. The van der Waals surface area contributed by atoms with Crippen LogP contribution in [0.4, 0.5) is 0 Å². The molecule has 0 bridgehead atoms. The molecule has 0 unspecified atom stereocenters. The number of benzene rings is 1. The van der Waals surface area contributed by atoms with Gasteiger partial charge < -0.3 is 4.74 Å². The molecule has 0 heterocycles. The van der Waals surface area contributed by atoms with E-state index in [9.17, 15) is 0 Å². The Bertz CT molecular complexity index is 344. The number of ether oxygens (including phenoxy) is 1. The lowest BCUT2D eigenvalue weighted by Gasteiger charge is -2.12. The zero-order chi connectivity index (χ0) is 12.0. The van der Waals surface area contributed by atoms with Crippen LogP contribution in [0.5, 0.6) is 5.75 Å². The summed E-state index contributed by atoms with van der Waals surface area (Å²) in [5.74, 6) is 0.909. The lowest BCUT2D eigenvalue weighted by atomic mass is 10.2. The Morgan fingerprint density at radius 3 is 2.81 bits per heavy atom. The molecule has 0 spiro atoms. The normalized spacial score (nSPS) is 11.2. The van der Waals surface area contributed by atoms with Crippen LogP contribution in [0.1, 0.15) is 12.0 Å². The summed E-state index contributed by atoms with van der Waals surface area (Å²) in [6, 6.07) is 9.05. The number of hydrogen-bond acceptors (Lipinski definition) is 1. The SMILES string of the molecule is C=Cc1cccc(OCCC[Si](C)(C)Cl)c1. The van der Waals surface area contributed by atoms with Gasteiger partial charge in [-0.3, -0.25) is 0 Å². The van der Waals surface area contributed by atoms with Crippen LogP contribution in [0.15, 0.2) is 30.8 Å². The van der Waals surface area contributed by atoms with Gasteiger partial charge in [0.15, 0.2) is 7.38 Å². The molecule has 0 radical (unpaired) electrons. The molecule has 0 aliphatic heterocycles. The van der Waals surface area contributed by atoms with Crippen LogP contribution < -0.4 is 4.74 Å². The van der Waals surface area contributed by atoms with E-state index in [-0.39, 0.29) is 0 Å². The molecule has 3 heteroatoms. The fourth-order valence-electron chi connectivity index (χ4n) is 1.41. The first kappa shape index (κ1) is 13.3. The summed E-state index contributed by atoms with van der Waals surface area (Å²) in [5.41, 5.74) is 1.09. The largest absolute Gasteiger partial charge is 0.494 e. The maximum absolute atomic E-state index is 6.23. The van der Waals surface area contributed by atoms with E-state index in [2.05, 4.69) is 19.7 Å². The molecule has 88 valence electrons. The van der Waals surface area contributed by atoms with E-state index < -0.39 is 7.38 Å². The van der Waals surface area contributed by atoms with Crippen LogP contribution in [0.3, 0.4) is 0 Å².